The molecule has 3 rings (SSSR count). The number of nitriles is 1. The minimum atomic E-state index is 0.266. The Morgan fingerprint density at radius 3 is 2.89 bits per heavy atom. The highest BCUT2D eigenvalue weighted by atomic mass is 16.7. The van der Waals surface area contributed by atoms with E-state index in [1.807, 2.05) is 12.1 Å². The van der Waals surface area contributed by atoms with Crippen LogP contribution in [0.25, 0.3) is 11.0 Å². The van der Waals surface area contributed by atoms with Crippen molar-refractivity contribution in [1.82, 2.24) is 9.55 Å². The number of nitrogens with zero attached hydrogens (tertiary/aromatic N) is 3. The maximum atomic E-state index is 8.78. The zero-order valence-corrected chi connectivity index (χ0v) is 10.8. The number of imidazole rings is 1. The van der Waals surface area contributed by atoms with E-state index in [9.17, 15) is 0 Å². The molecule has 0 saturated heterocycles. The number of aromatic nitrogens is 2. The lowest BCUT2D eigenvalue weighted by atomic mass is 10.2. The Balaban J connectivity index is 2.12. The predicted octanol–water partition coefficient (Wildman–Crippen LogP) is 2.63. The quantitative estimate of drug-likeness (QED) is 0.844. The minimum Gasteiger partial charge on any atom is -0.454 e. The molecule has 1 aliphatic rings. The van der Waals surface area contributed by atoms with Gasteiger partial charge in [-0.05, 0) is 6.42 Å². The van der Waals surface area contributed by atoms with Crippen molar-refractivity contribution >= 4 is 11.0 Å². The summed E-state index contributed by atoms with van der Waals surface area (Å²) in [5, 5.41) is 8.78. The Morgan fingerprint density at radius 2 is 2.16 bits per heavy atom. The van der Waals surface area contributed by atoms with Crippen LogP contribution in [0.5, 0.6) is 11.5 Å². The van der Waals surface area contributed by atoms with E-state index < -0.39 is 0 Å². The molecule has 1 aliphatic heterocycles. The van der Waals surface area contributed by atoms with Crippen LogP contribution in [0.3, 0.4) is 0 Å². The summed E-state index contributed by atoms with van der Waals surface area (Å²) < 4.78 is 12.9. The number of hydrogen-bond acceptors (Lipinski definition) is 4. The molecule has 0 fully saturated rings. The topological polar surface area (TPSA) is 60.1 Å². The van der Waals surface area contributed by atoms with Crippen molar-refractivity contribution in [3.8, 4) is 17.6 Å². The third kappa shape index (κ3) is 1.99. The Labute approximate surface area is 111 Å². The first-order valence-electron chi connectivity index (χ1n) is 6.49. The number of fused-ring (bicyclic) bond motifs is 2. The van der Waals surface area contributed by atoms with Crippen molar-refractivity contribution in [3.05, 3.63) is 18.0 Å². The molecule has 0 aliphatic carbocycles. The molecule has 1 aromatic heterocycles. The second kappa shape index (κ2) is 4.81. The molecule has 2 aromatic rings. The van der Waals surface area contributed by atoms with Gasteiger partial charge in [0.2, 0.25) is 6.79 Å². The summed E-state index contributed by atoms with van der Waals surface area (Å²) in [5.41, 5.74) is 1.92. The van der Waals surface area contributed by atoms with Gasteiger partial charge < -0.3 is 14.0 Å². The van der Waals surface area contributed by atoms with Crippen molar-refractivity contribution < 1.29 is 9.47 Å². The van der Waals surface area contributed by atoms with Crippen LogP contribution in [0.1, 0.15) is 25.6 Å². The molecule has 0 radical (unpaired) electrons. The molecule has 19 heavy (non-hydrogen) atoms. The predicted molar refractivity (Wildman–Crippen MR) is 70.1 cm³/mol. The number of ether oxygens (including phenoxy) is 2. The van der Waals surface area contributed by atoms with E-state index in [0.29, 0.717) is 13.0 Å². The molecule has 0 spiro atoms. The minimum absolute atomic E-state index is 0.266. The van der Waals surface area contributed by atoms with Crippen LogP contribution in [-0.4, -0.2) is 16.3 Å². The van der Waals surface area contributed by atoms with Gasteiger partial charge in [-0.15, -0.1) is 0 Å². The summed E-state index contributed by atoms with van der Waals surface area (Å²) in [5.74, 6) is 2.53. The Hall–Kier alpha value is -2.22. The molecule has 5 nitrogen and oxygen atoms in total. The average Bonchev–Trinajstić information content (AvgIpc) is 2.98. The van der Waals surface area contributed by atoms with Gasteiger partial charge in [0.1, 0.15) is 5.82 Å². The van der Waals surface area contributed by atoms with E-state index in [2.05, 4.69) is 22.5 Å². The number of hydrogen-bond donors (Lipinski definition) is 0. The Kier molecular flexibility index (Phi) is 3.00. The molecule has 0 unspecified atom stereocenters. The van der Waals surface area contributed by atoms with Crippen LogP contribution in [-0.2, 0) is 13.0 Å². The maximum absolute atomic E-state index is 8.78. The van der Waals surface area contributed by atoms with Crippen LogP contribution in [0.15, 0.2) is 12.1 Å². The van der Waals surface area contributed by atoms with Crippen molar-refractivity contribution in [1.29, 1.82) is 5.26 Å². The summed E-state index contributed by atoms with van der Waals surface area (Å²) in [7, 11) is 0. The van der Waals surface area contributed by atoms with Gasteiger partial charge in [0, 0.05) is 25.1 Å². The average molecular weight is 257 g/mol. The zero-order valence-electron chi connectivity index (χ0n) is 10.8. The summed E-state index contributed by atoms with van der Waals surface area (Å²) >= 11 is 0. The monoisotopic (exact) mass is 257 g/mol. The van der Waals surface area contributed by atoms with Crippen LogP contribution < -0.4 is 9.47 Å². The molecular formula is C14H15N3O2. The van der Waals surface area contributed by atoms with Crippen LogP contribution in [0, 0.1) is 11.3 Å². The summed E-state index contributed by atoms with van der Waals surface area (Å²) in [6.45, 7) is 3.06. The van der Waals surface area contributed by atoms with E-state index in [1.165, 1.54) is 0 Å². The maximum Gasteiger partial charge on any atom is 0.231 e. The van der Waals surface area contributed by atoms with Gasteiger partial charge in [-0.2, -0.15) is 5.26 Å². The van der Waals surface area contributed by atoms with E-state index in [4.69, 9.17) is 14.7 Å². The lowest BCUT2D eigenvalue weighted by Crippen LogP contribution is -2.03. The first-order chi connectivity index (χ1) is 9.33. The fourth-order valence-corrected chi connectivity index (χ4v) is 2.39. The van der Waals surface area contributed by atoms with Gasteiger partial charge in [0.15, 0.2) is 11.5 Å². The SMILES string of the molecule is CCCc1nc2cc3c(cc2n1CCC#N)OCO3. The van der Waals surface area contributed by atoms with E-state index in [-0.39, 0.29) is 6.79 Å². The van der Waals surface area contributed by atoms with E-state index in [0.717, 1.165) is 41.2 Å². The smallest absolute Gasteiger partial charge is 0.231 e. The van der Waals surface area contributed by atoms with Gasteiger partial charge in [-0.3, -0.25) is 0 Å². The zero-order chi connectivity index (χ0) is 13.2. The summed E-state index contributed by atoms with van der Waals surface area (Å²) in [4.78, 5) is 4.65. The van der Waals surface area contributed by atoms with Gasteiger partial charge in [-0.25, -0.2) is 4.98 Å². The highest BCUT2D eigenvalue weighted by Gasteiger charge is 2.18. The second-order valence-electron chi connectivity index (χ2n) is 4.53. The fraction of sp³-hybridized carbons (Fsp3) is 0.429. The molecule has 0 bridgehead atoms. The summed E-state index contributed by atoms with van der Waals surface area (Å²) in [6.07, 6.45) is 2.42. The van der Waals surface area contributed by atoms with Crippen LogP contribution >= 0.6 is 0 Å². The molecule has 2 heterocycles. The third-order valence-electron chi connectivity index (χ3n) is 3.24. The lowest BCUT2D eigenvalue weighted by molar-refractivity contribution is 0.174. The largest absolute Gasteiger partial charge is 0.454 e. The van der Waals surface area contributed by atoms with Gasteiger partial charge in [0.25, 0.3) is 0 Å². The molecule has 0 atom stereocenters. The molecule has 98 valence electrons. The van der Waals surface area contributed by atoms with Gasteiger partial charge in [0.05, 0.1) is 23.5 Å². The van der Waals surface area contributed by atoms with E-state index >= 15 is 0 Å². The molecular weight excluding hydrogens is 242 g/mol. The molecule has 1 aromatic carbocycles. The van der Waals surface area contributed by atoms with E-state index in [1.54, 1.807) is 0 Å². The number of rotatable bonds is 4. The van der Waals surface area contributed by atoms with Crippen molar-refractivity contribution in [3.63, 3.8) is 0 Å². The molecule has 5 heteroatoms. The molecule has 0 saturated carbocycles. The highest BCUT2D eigenvalue weighted by molar-refractivity contribution is 5.81. The van der Waals surface area contributed by atoms with Crippen LogP contribution in [0.2, 0.25) is 0 Å². The molecule has 0 N–H and O–H groups in total. The second-order valence-corrected chi connectivity index (χ2v) is 4.53. The van der Waals surface area contributed by atoms with Crippen molar-refractivity contribution in [2.24, 2.45) is 0 Å². The van der Waals surface area contributed by atoms with Crippen molar-refractivity contribution in [2.45, 2.75) is 32.7 Å². The van der Waals surface area contributed by atoms with Gasteiger partial charge in [-0.1, -0.05) is 6.92 Å². The Morgan fingerprint density at radius 1 is 1.37 bits per heavy atom. The normalized spacial score (nSPS) is 12.8. The Bertz CT molecular complexity index is 655. The number of aryl methyl sites for hydroxylation is 2. The fourth-order valence-electron chi connectivity index (χ4n) is 2.39. The summed E-state index contributed by atoms with van der Waals surface area (Å²) in [6, 6.07) is 6.06. The third-order valence-corrected chi connectivity index (χ3v) is 3.24. The number of benzene rings is 1. The molecule has 0 amide bonds. The first kappa shape index (κ1) is 11.8. The van der Waals surface area contributed by atoms with Crippen LogP contribution in [0.4, 0.5) is 0 Å². The highest BCUT2D eigenvalue weighted by Crippen LogP contribution is 2.36. The standard InChI is InChI=1S/C14H15N3O2/c1-2-4-14-16-10-7-12-13(19-9-18-12)8-11(10)17(14)6-3-5-15/h7-8H,2-4,6,9H2,1H3. The van der Waals surface area contributed by atoms with Crippen molar-refractivity contribution in [2.75, 3.05) is 6.79 Å². The van der Waals surface area contributed by atoms with Gasteiger partial charge >= 0.3 is 0 Å². The lowest BCUT2D eigenvalue weighted by Gasteiger charge is -2.06. The first-order valence-corrected chi connectivity index (χ1v) is 6.49.